The molecule has 2 heterocycles. The molecule has 0 amide bonds. The Bertz CT molecular complexity index is 386. The summed E-state index contributed by atoms with van der Waals surface area (Å²) in [5, 5.41) is 3.53. The zero-order chi connectivity index (χ0) is 13.2. The molecule has 0 aromatic carbocycles. The maximum atomic E-state index is 12.8. The smallest absolute Gasteiger partial charge is 0.141 e. The molecule has 3 nitrogen and oxygen atoms in total. The normalized spacial score (nSPS) is 25.8. The Hall–Kier alpha value is -1.00. The largest absolute Gasteiger partial charge is 0.371 e. The van der Waals surface area contributed by atoms with Crippen molar-refractivity contribution in [2.75, 3.05) is 13.2 Å². The molecule has 1 aromatic heterocycles. The number of rotatable bonds is 1. The summed E-state index contributed by atoms with van der Waals surface area (Å²) in [4.78, 5) is 4.09. The minimum Gasteiger partial charge on any atom is -0.371 e. The van der Waals surface area contributed by atoms with E-state index in [9.17, 15) is 4.39 Å². The molecule has 4 heteroatoms. The Morgan fingerprint density at radius 1 is 1.39 bits per heavy atom. The highest BCUT2D eigenvalue weighted by Gasteiger charge is 2.28. The lowest BCUT2D eigenvalue weighted by Gasteiger charge is -2.30. The highest BCUT2D eigenvalue weighted by atomic mass is 19.1. The van der Waals surface area contributed by atoms with Crippen molar-refractivity contribution in [2.45, 2.75) is 39.3 Å². The number of ether oxygens (including phenoxy) is 1. The quantitative estimate of drug-likeness (QED) is 0.834. The van der Waals surface area contributed by atoms with Crippen LogP contribution in [-0.4, -0.2) is 24.2 Å². The summed E-state index contributed by atoms with van der Waals surface area (Å²) in [6.45, 7) is 8.10. The summed E-state index contributed by atoms with van der Waals surface area (Å²) in [6.07, 6.45) is 2.14. The van der Waals surface area contributed by atoms with Gasteiger partial charge in [-0.3, -0.25) is 4.98 Å². The molecule has 1 N–H and O–H groups in total. The van der Waals surface area contributed by atoms with Gasteiger partial charge in [-0.05, 0) is 24.0 Å². The molecule has 1 fully saturated rings. The first-order valence-electron chi connectivity index (χ1n) is 6.43. The monoisotopic (exact) mass is 252 g/mol. The fraction of sp³-hybridized carbons (Fsp3) is 0.643. The van der Waals surface area contributed by atoms with Crippen molar-refractivity contribution in [3.63, 3.8) is 0 Å². The highest BCUT2D eigenvalue weighted by Crippen LogP contribution is 2.26. The van der Waals surface area contributed by atoms with Gasteiger partial charge in [-0.25, -0.2) is 4.39 Å². The molecule has 0 spiro atoms. The lowest BCUT2D eigenvalue weighted by atomic mass is 9.85. The average molecular weight is 252 g/mol. The van der Waals surface area contributed by atoms with Crippen molar-refractivity contribution < 1.29 is 9.13 Å². The SMILES string of the molecule is CC(C)(C)C1CCOC(c2ccc(F)cn2)CN1. The number of halogens is 1. The molecule has 0 saturated carbocycles. The Kier molecular flexibility index (Phi) is 3.97. The molecule has 2 unspecified atom stereocenters. The van der Waals surface area contributed by atoms with Gasteiger partial charge < -0.3 is 10.1 Å². The van der Waals surface area contributed by atoms with Crippen molar-refractivity contribution >= 4 is 0 Å². The summed E-state index contributed by atoms with van der Waals surface area (Å²) >= 11 is 0. The second-order valence-corrected chi connectivity index (χ2v) is 5.88. The van der Waals surface area contributed by atoms with Gasteiger partial charge in [0.1, 0.15) is 11.9 Å². The van der Waals surface area contributed by atoms with Gasteiger partial charge in [0, 0.05) is 19.2 Å². The van der Waals surface area contributed by atoms with Crippen LogP contribution in [-0.2, 0) is 4.74 Å². The molecule has 2 rings (SSSR count). The molecule has 18 heavy (non-hydrogen) atoms. The van der Waals surface area contributed by atoms with Crippen molar-refractivity contribution in [3.8, 4) is 0 Å². The number of nitrogens with zero attached hydrogens (tertiary/aromatic N) is 1. The van der Waals surface area contributed by atoms with Gasteiger partial charge in [0.25, 0.3) is 0 Å². The Morgan fingerprint density at radius 2 is 2.17 bits per heavy atom. The first-order valence-corrected chi connectivity index (χ1v) is 6.43. The fourth-order valence-electron chi connectivity index (χ4n) is 2.25. The lowest BCUT2D eigenvalue weighted by molar-refractivity contribution is 0.0624. The van der Waals surface area contributed by atoms with Crippen LogP contribution in [0, 0.1) is 11.2 Å². The molecule has 0 radical (unpaired) electrons. The predicted molar refractivity (Wildman–Crippen MR) is 68.8 cm³/mol. The van der Waals surface area contributed by atoms with E-state index in [2.05, 4.69) is 31.1 Å². The van der Waals surface area contributed by atoms with E-state index in [0.29, 0.717) is 12.6 Å². The molecule has 100 valence electrons. The van der Waals surface area contributed by atoms with E-state index < -0.39 is 0 Å². The third-order valence-corrected chi connectivity index (χ3v) is 3.40. The summed E-state index contributed by atoms with van der Waals surface area (Å²) in [5.74, 6) is -0.312. The summed E-state index contributed by atoms with van der Waals surface area (Å²) in [6, 6.07) is 3.56. The molecular weight excluding hydrogens is 231 g/mol. The second kappa shape index (κ2) is 5.33. The average Bonchev–Trinajstić information content (AvgIpc) is 2.55. The Morgan fingerprint density at radius 3 is 2.78 bits per heavy atom. The van der Waals surface area contributed by atoms with Crippen LogP contribution in [0.4, 0.5) is 4.39 Å². The van der Waals surface area contributed by atoms with Crippen LogP contribution in [0.15, 0.2) is 18.3 Å². The summed E-state index contributed by atoms with van der Waals surface area (Å²) < 4.78 is 18.6. The van der Waals surface area contributed by atoms with Crippen LogP contribution < -0.4 is 5.32 Å². The first-order chi connectivity index (χ1) is 8.47. The van der Waals surface area contributed by atoms with Crippen molar-refractivity contribution in [3.05, 3.63) is 29.8 Å². The van der Waals surface area contributed by atoms with Crippen molar-refractivity contribution in [2.24, 2.45) is 5.41 Å². The first kappa shape index (κ1) is 13.4. The molecule has 2 atom stereocenters. The lowest BCUT2D eigenvalue weighted by Crippen LogP contribution is -2.40. The minimum absolute atomic E-state index is 0.0852. The zero-order valence-corrected chi connectivity index (χ0v) is 11.2. The van der Waals surface area contributed by atoms with Gasteiger partial charge in [-0.2, -0.15) is 0 Å². The molecule has 1 aliphatic heterocycles. The minimum atomic E-state index is -0.312. The second-order valence-electron chi connectivity index (χ2n) is 5.88. The van der Waals surface area contributed by atoms with E-state index in [1.54, 1.807) is 6.07 Å². The molecule has 0 aliphatic carbocycles. The van der Waals surface area contributed by atoms with E-state index in [0.717, 1.165) is 18.7 Å². The summed E-state index contributed by atoms with van der Waals surface area (Å²) in [5.41, 5.74) is 1.01. The number of nitrogens with one attached hydrogen (secondary N) is 1. The maximum Gasteiger partial charge on any atom is 0.141 e. The van der Waals surface area contributed by atoms with Gasteiger partial charge in [0.15, 0.2) is 0 Å². The van der Waals surface area contributed by atoms with E-state index >= 15 is 0 Å². The van der Waals surface area contributed by atoms with Crippen LogP contribution in [0.2, 0.25) is 0 Å². The van der Waals surface area contributed by atoms with Crippen LogP contribution in [0.25, 0.3) is 0 Å². The van der Waals surface area contributed by atoms with Crippen LogP contribution in [0.1, 0.15) is 39.0 Å². The standard InChI is InChI=1S/C14H21FN2O/c1-14(2,3)13-6-7-18-12(9-17-13)11-5-4-10(15)8-16-11/h4-5,8,12-13,17H,6-7,9H2,1-3H3. The van der Waals surface area contributed by atoms with E-state index in [1.807, 2.05) is 0 Å². The molecule has 1 aliphatic rings. The number of hydrogen-bond donors (Lipinski definition) is 1. The van der Waals surface area contributed by atoms with E-state index in [4.69, 9.17) is 4.74 Å². The number of pyridine rings is 1. The van der Waals surface area contributed by atoms with Crippen molar-refractivity contribution in [1.82, 2.24) is 10.3 Å². The van der Waals surface area contributed by atoms with Gasteiger partial charge in [-0.1, -0.05) is 20.8 Å². The van der Waals surface area contributed by atoms with Crippen LogP contribution >= 0.6 is 0 Å². The van der Waals surface area contributed by atoms with Gasteiger partial charge >= 0.3 is 0 Å². The predicted octanol–water partition coefficient (Wildman–Crippen LogP) is 2.69. The third kappa shape index (κ3) is 3.27. The number of hydrogen-bond acceptors (Lipinski definition) is 3. The molecule has 1 aromatic rings. The highest BCUT2D eigenvalue weighted by molar-refractivity contribution is 5.09. The Labute approximate surface area is 108 Å². The Balaban J connectivity index is 2.03. The van der Waals surface area contributed by atoms with E-state index in [1.165, 1.54) is 12.3 Å². The van der Waals surface area contributed by atoms with E-state index in [-0.39, 0.29) is 17.3 Å². The number of aromatic nitrogens is 1. The zero-order valence-electron chi connectivity index (χ0n) is 11.2. The van der Waals surface area contributed by atoms with Gasteiger partial charge in [0.05, 0.1) is 11.9 Å². The van der Waals surface area contributed by atoms with Crippen LogP contribution in [0.5, 0.6) is 0 Å². The van der Waals surface area contributed by atoms with Crippen molar-refractivity contribution in [1.29, 1.82) is 0 Å². The summed E-state index contributed by atoms with van der Waals surface area (Å²) in [7, 11) is 0. The molecule has 1 saturated heterocycles. The van der Waals surface area contributed by atoms with Crippen LogP contribution in [0.3, 0.4) is 0 Å². The van der Waals surface area contributed by atoms with Gasteiger partial charge in [-0.15, -0.1) is 0 Å². The van der Waals surface area contributed by atoms with Gasteiger partial charge in [0.2, 0.25) is 0 Å². The molecule has 0 bridgehead atoms. The topological polar surface area (TPSA) is 34.1 Å². The third-order valence-electron chi connectivity index (χ3n) is 3.40. The fourth-order valence-corrected chi connectivity index (χ4v) is 2.25. The maximum absolute atomic E-state index is 12.8. The molecular formula is C14H21FN2O.